The molecule has 1 amide bonds. The van der Waals surface area contributed by atoms with Crippen LogP contribution in [0.5, 0.6) is 0 Å². The maximum Gasteiger partial charge on any atom is 0.261 e. The summed E-state index contributed by atoms with van der Waals surface area (Å²) in [7, 11) is -3.55. The van der Waals surface area contributed by atoms with Crippen molar-refractivity contribution in [3.63, 3.8) is 0 Å². The third-order valence-corrected chi connectivity index (χ3v) is 6.31. The highest BCUT2D eigenvalue weighted by Crippen LogP contribution is 2.27. The molecule has 1 aromatic heterocycles. The van der Waals surface area contributed by atoms with Gasteiger partial charge in [0.15, 0.2) is 0 Å². The molecular weight excluding hydrogens is 356 g/mol. The average molecular weight is 375 g/mol. The number of carbonyl (C=O) groups is 1. The highest BCUT2D eigenvalue weighted by molar-refractivity contribution is 7.93. The summed E-state index contributed by atoms with van der Waals surface area (Å²) in [5, 5.41) is 5.85. The van der Waals surface area contributed by atoms with Crippen LogP contribution in [0.1, 0.15) is 16.6 Å². The first kappa shape index (κ1) is 19.6. The minimum Gasteiger partial charge on any atom is -0.350 e. The number of nitrogens with one attached hydrogen (secondary N) is 2. The fourth-order valence-electron chi connectivity index (χ4n) is 1.83. The minimum atomic E-state index is -3.55. The molecular formula is C15H19ClN2O3S2. The molecule has 2 rings (SSSR count). The second-order valence-electron chi connectivity index (χ2n) is 4.54. The molecule has 0 atom stereocenters. The Hall–Kier alpha value is -1.41. The predicted molar refractivity (Wildman–Crippen MR) is 94.3 cm³/mol. The lowest BCUT2D eigenvalue weighted by molar-refractivity contribution is 0.0958. The maximum absolute atomic E-state index is 12.4. The second-order valence-corrected chi connectivity index (χ2v) is 7.80. The van der Waals surface area contributed by atoms with Gasteiger partial charge in [0.2, 0.25) is 9.84 Å². The van der Waals surface area contributed by atoms with E-state index in [4.69, 9.17) is 0 Å². The van der Waals surface area contributed by atoms with E-state index in [0.717, 1.165) is 17.9 Å². The Balaban J connectivity index is 0.00000264. The van der Waals surface area contributed by atoms with Crippen LogP contribution in [0.4, 0.5) is 0 Å². The smallest absolute Gasteiger partial charge is 0.261 e. The number of likely N-dealkylation sites (N-methyl/N-ethyl adjacent to an activating group) is 1. The summed E-state index contributed by atoms with van der Waals surface area (Å²) < 4.78 is 25.1. The zero-order valence-corrected chi connectivity index (χ0v) is 15.1. The van der Waals surface area contributed by atoms with Gasteiger partial charge < -0.3 is 10.6 Å². The van der Waals surface area contributed by atoms with Crippen LogP contribution in [0, 0.1) is 0 Å². The number of amides is 1. The Morgan fingerprint density at radius 2 is 1.78 bits per heavy atom. The molecule has 0 aliphatic carbocycles. The van der Waals surface area contributed by atoms with Gasteiger partial charge in [-0.1, -0.05) is 25.1 Å². The van der Waals surface area contributed by atoms with Crippen LogP contribution in [0.3, 0.4) is 0 Å². The Morgan fingerprint density at radius 1 is 1.09 bits per heavy atom. The number of rotatable bonds is 7. The van der Waals surface area contributed by atoms with E-state index in [2.05, 4.69) is 10.6 Å². The first-order chi connectivity index (χ1) is 10.6. The molecule has 0 aliphatic rings. The lowest BCUT2D eigenvalue weighted by Crippen LogP contribution is -2.31. The molecule has 1 aromatic carbocycles. The summed E-state index contributed by atoms with van der Waals surface area (Å²) in [4.78, 5) is 12.6. The summed E-state index contributed by atoms with van der Waals surface area (Å²) in [5.41, 5.74) is 0. The van der Waals surface area contributed by atoms with E-state index in [1.54, 1.807) is 36.4 Å². The van der Waals surface area contributed by atoms with E-state index in [0.29, 0.717) is 18.0 Å². The van der Waals surface area contributed by atoms with Crippen molar-refractivity contribution in [1.29, 1.82) is 0 Å². The highest BCUT2D eigenvalue weighted by Gasteiger charge is 2.21. The largest absolute Gasteiger partial charge is 0.350 e. The lowest BCUT2D eigenvalue weighted by atomic mass is 10.4. The van der Waals surface area contributed by atoms with Crippen LogP contribution in [0.2, 0.25) is 0 Å². The topological polar surface area (TPSA) is 75.3 Å². The van der Waals surface area contributed by atoms with Gasteiger partial charge in [0.05, 0.1) is 9.77 Å². The first-order valence-corrected chi connectivity index (χ1v) is 9.24. The fraction of sp³-hybridized carbons (Fsp3) is 0.267. The van der Waals surface area contributed by atoms with Crippen molar-refractivity contribution < 1.29 is 13.2 Å². The molecule has 0 aliphatic heterocycles. The molecule has 0 bridgehead atoms. The van der Waals surface area contributed by atoms with Crippen molar-refractivity contribution in [1.82, 2.24) is 10.6 Å². The molecule has 8 heteroatoms. The summed E-state index contributed by atoms with van der Waals surface area (Å²) in [6.45, 7) is 4.02. The van der Waals surface area contributed by atoms with Gasteiger partial charge in [0, 0.05) is 13.1 Å². The highest BCUT2D eigenvalue weighted by atomic mass is 35.5. The van der Waals surface area contributed by atoms with Gasteiger partial charge in [-0.15, -0.1) is 23.7 Å². The zero-order chi connectivity index (χ0) is 16.0. The molecule has 0 unspecified atom stereocenters. The zero-order valence-electron chi connectivity index (χ0n) is 12.6. The van der Waals surface area contributed by atoms with Crippen LogP contribution in [-0.4, -0.2) is 34.0 Å². The van der Waals surface area contributed by atoms with E-state index in [1.165, 1.54) is 6.07 Å². The molecule has 23 heavy (non-hydrogen) atoms. The third kappa shape index (κ3) is 5.04. The lowest BCUT2D eigenvalue weighted by Gasteiger charge is -2.03. The number of sulfone groups is 1. The molecule has 5 nitrogen and oxygen atoms in total. The fourth-order valence-corrected chi connectivity index (χ4v) is 4.48. The van der Waals surface area contributed by atoms with Gasteiger partial charge in [0.1, 0.15) is 4.21 Å². The summed E-state index contributed by atoms with van der Waals surface area (Å²) in [6.07, 6.45) is 0. The maximum atomic E-state index is 12.4. The number of benzene rings is 1. The quantitative estimate of drug-likeness (QED) is 0.729. The number of hydrogen-bond donors (Lipinski definition) is 2. The summed E-state index contributed by atoms with van der Waals surface area (Å²) >= 11 is 0.986. The van der Waals surface area contributed by atoms with Crippen LogP contribution >= 0.6 is 23.7 Å². The molecule has 2 N–H and O–H groups in total. The van der Waals surface area contributed by atoms with Gasteiger partial charge in [0.25, 0.3) is 5.91 Å². The molecule has 0 fully saturated rings. The van der Waals surface area contributed by atoms with Crippen molar-refractivity contribution >= 4 is 39.5 Å². The monoisotopic (exact) mass is 374 g/mol. The van der Waals surface area contributed by atoms with Crippen LogP contribution in [0.25, 0.3) is 0 Å². The van der Waals surface area contributed by atoms with Gasteiger partial charge >= 0.3 is 0 Å². The summed E-state index contributed by atoms with van der Waals surface area (Å²) in [5.74, 6) is -0.252. The average Bonchev–Trinajstić information content (AvgIpc) is 3.03. The van der Waals surface area contributed by atoms with Crippen LogP contribution in [-0.2, 0) is 9.84 Å². The van der Waals surface area contributed by atoms with Gasteiger partial charge in [-0.3, -0.25) is 4.79 Å². The normalized spacial score (nSPS) is 10.8. The Kier molecular flexibility index (Phi) is 7.70. The van der Waals surface area contributed by atoms with E-state index < -0.39 is 9.84 Å². The first-order valence-electron chi connectivity index (χ1n) is 6.94. The van der Waals surface area contributed by atoms with E-state index in [1.807, 2.05) is 6.92 Å². The van der Waals surface area contributed by atoms with Gasteiger partial charge in [-0.05, 0) is 30.8 Å². The number of hydrogen-bond acceptors (Lipinski definition) is 5. The molecule has 0 saturated heterocycles. The van der Waals surface area contributed by atoms with Crippen LogP contribution < -0.4 is 10.6 Å². The third-order valence-electron chi connectivity index (χ3n) is 2.96. The molecule has 1 heterocycles. The Bertz CT molecular complexity index is 730. The van der Waals surface area contributed by atoms with Gasteiger partial charge in [-0.25, -0.2) is 8.42 Å². The second kappa shape index (κ2) is 9.02. The molecule has 126 valence electrons. The van der Waals surface area contributed by atoms with E-state index >= 15 is 0 Å². The Labute approximate surface area is 146 Å². The number of thiophene rings is 1. The van der Waals surface area contributed by atoms with Crippen molar-refractivity contribution in [2.75, 3.05) is 19.6 Å². The minimum absolute atomic E-state index is 0. The number of carbonyl (C=O) groups excluding carboxylic acids is 1. The molecule has 0 saturated carbocycles. The standard InChI is InChI=1S/C15H18N2O3S2.ClH/c1-2-16-10-11-17-15(18)13-8-9-14(21-13)22(19,20)12-6-4-3-5-7-12;/h3-9,16H,2,10-11H2,1H3,(H,17,18);1H. The van der Waals surface area contributed by atoms with Gasteiger partial charge in [-0.2, -0.15) is 0 Å². The molecule has 2 aromatic rings. The SMILES string of the molecule is CCNCCNC(=O)c1ccc(S(=O)(=O)c2ccccc2)s1.Cl. The summed E-state index contributed by atoms with van der Waals surface area (Å²) in [6, 6.07) is 11.2. The van der Waals surface area contributed by atoms with E-state index in [-0.39, 0.29) is 27.4 Å². The van der Waals surface area contributed by atoms with Crippen molar-refractivity contribution in [3.8, 4) is 0 Å². The van der Waals surface area contributed by atoms with Crippen molar-refractivity contribution in [2.24, 2.45) is 0 Å². The Morgan fingerprint density at radius 3 is 2.43 bits per heavy atom. The molecule has 0 radical (unpaired) electrons. The van der Waals surface area contributed by atoms with Crippen LogP contribution in [0.15, 0.2) is 51.6 Å². The van der Waals surface area contributed by atoms with Crippen molar-refractivity contribution in [2.45, 2.75) is 16.0 Å². The molecule has 0 spiro atoms. The number of halogens is 1. The predicted octanol–water partition coefficient (Wildman–Crippen LogP) is 2.34. The van der Waals surface area contributed by atoms with E-state index in [9.17, 15) is 13.2 Å². The van der Waals surface area contributed by atoms with Crippen molar-refractivity contribution in [3.05, 3.63) is 47.3 Å².